The number of thiophene rings is 1. The molecule has 150 valence electrons. The predicted molar refractivity (Wildman–Crippen MR) is 118 cm³/mol. The van der Waals surface area contributed by atoms with Crippen LogP contribution < -0.4 is 10.9 Å². The monoisotopic (exact) mass is 408 g/mol. The lowest BCUT2D eigenvalue weighted by Crippen LogP contribution is -2.23. The van der Waals surface area contributed by atoms with Crippen molar-refractivity contribution in [1.82, 2.24) is 14.6 Å². The molecule has 4 aromatic rings. The van der Waals surface area contributed by atoms with Crippen LogP contribution in [-0.2, 0) is 17.6 Å². The highest BCUT2D eigenvalue weighted by Gasteiger charge is 2.22. The largest absolute Gasteiger partial charge is 0.377 e. The second kappa shape index (κ2) is 7.39. The van der Waals surface area contributed by atoms with Crippen molar-refractivity contribution in [2.24, 2.45) is 0 Å². The zero-order chi connectivity index (χ0) is 20.0. The predicted octanol–water partition coefficient (Wildman–Crippen LogP) is 4.17. The Labute approximate surface area is 172 Å². The van der Waals surface area contributed by atoms with Gasteiger partial charge in [0.25, 0.3) is 5.56 Å². The zero-order valence-electron chi connectivity index (χ0n) is 16.7. The average Bonchev–Trinajstić information content (AvgIpc) is 3.11. The van der Waals surface area contributed by atoms with Crippen LogP contribution >= 0.6 is 11.3 Å². The van der Waals surface area contributed by atoms with E-state index in [0.717, 1.165) is 40.3 Å². The van der Waals surface area contributed by atoms with Gasteiger partial charge in [0.05, 0.1) is 11.5 Å². The number of hydrogen-bond donors (Lipinski definition) is 1. The molecule has 0 bridgehead atoms. The number of ether oxygens (including phenoxy) is 1. The molecule has 1 aromatic carbocycles. The van der Waals surface area contributed by atoms with Crippen molar-refractivity contribution in [2.45, 2.75) is 45.6 Å². The second-order valence-corrected chi connectivity index (χ2v) is 8.67. The van der Waals surface area contributed by atoms with Gasteiger partial charge in [-0.3, -0.25) is 4.79 Å². The maximum Gasteiger partial charge on any atom is 0.283 e. The first-order valence-electron chi connectivity index (χ1n) is 10.3. The number of anilines is 1. The van der Waals surface area contributed by atoms with Crippen LogP contribution in [0.1, 0.15) is 37.1 Å². The first-order valence-corrected chi connectivity index (χ1v) is 11.1. The summed E-state index contributed by atoms with van der Waals surface area (Å²) in [6.45, 7) is 5.29. The summed E-state index contributed by atoms with van der Waals surface area (Å²) in [4.78, 5) is 20.5. The van der Waals surface area contributed by atoms with Crippen LogP contribution in [0.5, 0.6) is 0 Å². The van der Waals surface area contributed by atoms with Gasteiger partial charge in [0.2, 0.25) is 0 Å². The maximum atomic E-state index is 13.5. The highest BCUT2D eigenvalue weighted by Crippen LogP contribution is 2.34. The second-order valence-electron chi connectivity index (χ2n) is 7.58. The van der Waals surface area contributed by atoms with Crippen molar-refractivity contribution in [3.05, 3.63) is 45.1 Å². The van der Waals surface area contributed by atoms with Gasteiger partial charge in [-0.2, -0.15) is 4.52 Å². The number of nitrogens with zero attached hydrogens (tertiary/aromatic N) is 3. The lowest BCUT2D eigenvalue weighted by molar-refractivity contribution is 0.0855. The Kier molecular flexibility index (Phi) is 4.72. The Morgan fingerprint density at radius 2 is 2.03 bits per heavy atom. The van der Waals surface area contributed by atoms with Gasteiger partial charge < -0.3 is 10.1 Å². The summed E-state index contributed by atoms with van der Waals surface area (Å²) in [6, 6.07) is 7.99. The minimum absolute atomic E-state index is 0.0532. The maximum absolute atomic E-state index is 13.5. The number of benzene rings is 1. The van der Waals surface area contributed by atoms with Gasteiger partial charge in [0, 0.05) is 28.8 Å². The Morgan fingerprint density at radius 1 is 1.24 bits per heavy atom. The molecule has 0 aliphatic heterocycles. The van der Waals surface area contributed by atoms with E-state index in [1.807, 2.05) is 38.1 Å². The molecule has 1 atom stereocenters. The fraction of sp³-hybridized carbons (Fsp3) is 0.409. The van der Waals surface area contributed by atoms with Crippen LogP contribution in [0.25, 0.3) is 26.6 Å². The number of aromatic nitrogens is 3. The summed E-state index contributed by atoms with van der Waals surface area (Å²) >= 11 is 1.68. The molecule has 3 heterocycles. The van der Waals surface area contributed by atoms with Crippen LogP contribution in [0.15, 0.2) is 29.1 Å². The summed E-state index contributed by atoms with van der Waals surface area (Å²) in [5.74, 6) is 0.687. The normalized spacial score (nSPS) is 15.1. The smallest absolute Gasteiger partial charge is 0.283 e. The molecule has 3 aromatic heterocycles. The van der Waals surface area contributed by atoms with Gasteiger partial charge in [-0.05, 0) is 45.1 Å². The van der Waals surface area contributed by atoms with Gasteiger partial charge >= 0.3 is 0 Å². The molecule has 1 N–H and O–H groups in total. The van der Waals surface area contributed by atoms with E-state index in [2.05, 4.69) is 5.32 Å². The number of hydrogen-bond acceptors (Lipinski definition) is 6. The Balaban J connectivity index is 1.74. The highest BCUT2D eigenvalue weighted by molar-refractivity contribution is 7.18. The van der Waals surface area contributed by atoms with Crippen molar-refractivity contribution < 1.29 is 4.74 Å². The molecule has 5 rings (SSSR count). The number of nitrogens with one attached hydrogen (secondary N) is 1. The van der Waals surface area contributed by atoms with Crippen LogP contribution in [-0.4, -0.2) is 33.9 Å². The van der Waals surface area contributed by atoms with Gasteiger partial charge in [-0.15, -0.1) is 16.4 Å². The highest BCUT2D eigenvalue weighted by atomic mass is 32.1. The van der Waals surface area contributed by atoms with Gasteiger partial charge in [-0.1, -0.05) is 24.3 Å². The average molecular weight is 409 g/mol. The van der Waals surface area contributed by atoms with Gasteiger partial charge in [0.1, 0.15) is 4.83 Å². The first kappa shape index (κ1) is 18.5. The van der Waals surface area contributed by atoms with Gasteiger partial charge in [-0.25, -0.2) is 4.98 Å². The molecule has 1 aliphatic rings. The summed E-state index contributed by atoms with van der Waals surface area (Å²) in [5.41, 5.74) is 1.76. The number of aryl methyl sites for hydroxylation is 2. The molecule has 29 heavy (non-hydrogen) atoms. The summed E-state index contributed by atoms with van der Waals surface area (Å²) < 4.78 is 7.11. The third kappa shape index (κ3) is 3.09. The third-order valence-electron chi connectivity index (χ3n) is 5.60. The third-order valence-corrected chi connectivity index (χ3v) is 6.78. The van der Waals surface area contributed by atoms with E-state index >= 15 is 0 Å². The summed E-state index contributed by atoms with van der Waals surface area (Å²) in [5, 5.41) is 10.7. The molecule has 0 fully saturated rings. The fourth-order valence-corrected chi connectivity index (χ4v) is 5.47. The number of rotatable bonds is 5. The van der Waals surface area contributed by atoms with E-state index in [1.165, 1.54) is 21.4 Å². The Hall–Kier alpha value is -2.51. The summed E-state index contributed by atoms with van der Waals surface area (Å²) in [6.07, 6.45) is 4.38. The zero-order valence-corrected chi connectivity index (χ0v) is 17.5. The van der Waals surface area contributed by atoms with E-state index < -0.39 is 0 Å². The van der Waals surface area contributed by atoms with E-state index in [4.69, 9.17) is 14.8 Å². The molecule has 1 unspecified atom stereocenters. The Morgan fingerprint density at radius 3 is 2.86 bits per heavy atom. The van der Waals surface area contributed by atoms with Crippen molar-refractivity contribution >= 4 is 43.8 Å². The molecular formula is C22H24N4O2S. The van der Waals surface area contributed by atoms with Crippen LogP contribution in [0.3, 0.4) is 0 Å². The topological polar surface area (TPSA) is 68.5 Å². The molecule has 0 radical (unpaired) electrons. The number of fused-ring (bicyclic) bond motifs is 6. The molecule has 6 nitrogen and oxygen atoms in total. The van der Waals surface area contributed by atoms with Crippen LogP contribution in [0.2, 0.25) is 0 Å². The molecule has 0 saturated heterocycles. The van der Waals surface area contributed by atoms with Crippen molar-refractivity contribution in [1.29, 1.82) is 0 Å². The molecule has 0 saturated carbocycles. The fourth-order valence-electron chi connectivity index (χ4n) is 4.22. The van der Waals surface area contributed by atoms with Crippen molar-refractivity contribution in [3.8, 4) is 0 Å². The van der Waals surface area contributed by atoms with Crippen LogP contribution in [0.4, 0.5) is 5.82 Å². The lowest BCUT2D eigenvalue weighted by Gasteiger charge is -2.15. The minimum atomic E-state index is -0.0592. The van der Waals surface area contributed by atoms with Gasteiger partial charge in [0.15, 0.2) is 11.5 Å². The van der Waals surface area contributed by atoms with Crippen molar-refractivity contribution in [3.63, 3.8) is 0 Å². The quantitative estimate of drug-likeness (QED) is 0.502. The van der Waals surface area contributed by atoms with E-state index in [0.29, 0.717) is 24.6 Å². The van der Waals surface area contributed by atoms with Crippen LogP contribution in [0, 0.1) is 0 Å². The molecule has 0 spiro atoms. The van der Waals surface area contributed by atoms with E-state index in [-0.39, 0.29) is 11.7 Å². The van der Waals surface area contributed by atoms with E-state index in [9.17, 15) is 4.79 Å². The molecule has 7 heteroatoms. The lowest BCUT2D eigenvalue weighted by atomic mass is 9.97. The molecule has 0 amide bonds. The first-order chi connectivity index (χ1) is 14.2. The van der Waals surface area contributed by atoms with E-state index in [1.54, 1.807) is 11.3 Å². The molecular weight excluding hydrogens is 384 g/mol. The standard InChI is InChI=1S/C22H24N4O2S/c1-3-28-13(2)12-23-19-14-8-4-5-9-15(14)20-24-21-18(22(27)26(20)25-19)16-10-6-7-11-17(16)29-21/h4-5,8-9,13H,3,6-7,10-12H2,1-2H3,(H,23,25). The Bertz CT molecular complexity index is 1280. The SMILES string of the molecule is CCOC(C)CNc1nn2c(=O)c3c4c(sc3nc2c2ccccc12)CCCC4. The minimum Gasteiger partial charge on any atom is -0.377 e. The summed E-state index contributed by atoms with van der Waals surface area (Å²) in [7, 11) is 0. The van der Waals surface area contributed by atoms with Crippen molar-refractivity contribution in [2.75, 3.05) is 18.5 Å². The molecule has 1 aliphatic carbocycles.